The highest BCUT2D eigenvalue weighted by Gasteiger charge is 2.27. The molecule has 1 rings (SSSR count). The molecule has 0 bridgehead atoms. The second-order valence-corrected chi connectivity index (χ2v) is 5.37. The molecule has 0 aromatic heterocycles. The third-order valence-corrected chi connectivity index (χ3v) is 3.99. The summed E-state index contributed by atoms with van der Waals surface area (Å²) >= 11 is 0. The van der Waals surface area contributed by atoms with E-state index in [4.69, 9.17) is 0 Å². The van der Waals surface area contributed by atoms with Crippen LogP contribution < -0.4 is 0 Å². The van der Waals surface area contributed by atoms with Crippen molar-refractivity contribution in [1.29, 1.82) is 0 Å². The van der Waals surface area contributed by atoms with Crippen LogP contribution in [0.4, 0.5) is 0 Å². The lowest BCUT2D eigenvalue weighted by molar-refractivity contribution is 0.166. The Morgan fingerprint density at radius 3 is 2.36 bits per heavy atom. The molecular weight excluding hydrogens is 168 g/mol. The van der Waals surface area contributed by atoms with Gasteiger partial charge in [0.1, 0.15) is 0 Å². The van der Waals surface area contributed by atoms with Crippen LogP contribution in [0, 0.1) is 17.8 Å². The maximum atomic E-state index is 2.44. The van der Waals surface area contributed by atoms with Crippen LogP contribution in [0.25, 0.3) is 0 Å². The fourth-order valence-electron chi connectivity index (χ4n) is 3.13. The van der Waals surface area contributed by atoms with Crippen LogP contribution in [0.5, 0.6) is 0 Å². The van der Waals surface area contributed by atoms with E-state index in [2.05, 4.69) is 20.8 Å². The summed E-state index contributed by atoms with van der Waals surface area (Å²) in [5.41, 5.74) is 0. The minimum Gasteiger partial charge on any atom is -0.0654 e. The van der Waals surface area contributed by atoms with E-state index in [0.717, 1.165) is 17.8 Å². The third-order valence-electron chi connectivity index (χ3n) is 3.99. The smallest absolute Gasteiger partial charge is 0.0383 e. The first kappa shape index (κ1) is 12.1. The normalized spacial score (nSPS) is 33.2. The van der Waals surface area contributed by atoms with Crippen LogP contribution in [-0.4, -0.2) is 0 Å². The zero-order valence-corrected chi connectivity index (χ0v) is 10.4. The molecule has 0 N–H and O–H groups in total. The molecule has 1 aliphatic rings. The summed E-state index contributed by atoms with van der Waals surface area (Å²) in [6.07, 6.45) is 11.7. The van der Waals surface area contributed by atoms with E-state index < -0.39 is 0 Å². The summed E-state index contributed by atoms with van der Waals surface area (Å²) in [5, 5.41) is 0. The zero-order valence-electron chi connectivity index (χ0n) is 10.4. The molecule has 0 heterocycles. The lowest BCUT2D eigenvalue weighted by atomic mass is 9.71. The van der Waals surface area contributed by atoms with Crippen molar-refractivity contribution in [2.75, 3.05) is 0 Å². The fraction of sp³-hybridized carbons (Fsp3) is 1.00. The van der Waals surface area contributed by atoms with Crippen molar-refractivity contribution in [2.24, 2.45) is 17.8 Å². The van der Waals surface area contributed by atoms with Gasteiger partial charge in [0.05, 0.1) is 0 Å². The molecule has 1 saturated carbocycles. The summed E-state index contributed by atoms with van der Waals surface area (Å²) in [4.78, 5) is 0. The van der Waals surface area contributed by atoms with Gasteiger partial charge < -0.3 is 0 Å². The van der Waals surface area contributed by atoms with Gasteiger partial charge in [-0.1, -0.05) is 59.3 Å². The Kier molecular flexibility index (Phi) is 5.59. The highest BCUT2D eigenvalue weighted by molar-refractivity contribution is 4.78. The minimum atomic E-state index is 1.00. The Balaban J connectivity index is 2.36. The molecule has 0 radical (unpaired) electrons. The standard InChI is InChI=1S/C14H28/c1-4-6-8-13-10-9-12(3)11-14(13)7-5-2/h12-14H,4-11H2,1-3H3. The fourth-order valence-corrected chi connectivity index (χ4v) is 3.13. The van der Waals surface area contributed by atoms with Gasteiger partial charge in [-0.15, -0.1) is 0 Å². The Labute approximate surface area is 90.5 Å². The van der Waals surface area contributed by atoms with E-state index in [0.29, 0.717) is 0 Å². The molecule has 0 aromatic carbocycles. The average molecular weight is 196 g/mol. The van der Waals surface area contributed by atoms with Gasteiger partial charge in [-0.25, -0.2) is 0 Å². The molecule has 0 aliphatic heterocycles. The van der Waals surface area contributed by atoms with E-state index >= 15 is 0 Å². The first-order valence-electron chi connectivity index (χ1n) is 6.77. The molecule has 84 valence electrons. The Bertz CT molecular complexity index is 137. The Hall–Kier alpha value is 0. The van der Waals surface area contributed by atoms with Gasteiger partial charge in [0.2, 0.25) is 0 Å². The predicted molar refractivity (Wildman–Crippen MR) is 64.4 cm³/mol. The van der Waals surface area contributed by atoms with Crippen LogP contribution in [0.2, 0.25) is 0 Å². The number of rotatable bonds is 5. The zero-order chi connectivity index (χ0) is 10.4. The maximum absolute atomic E-state index is 2.44. The highest BCUT2D eigenvalue weighted by Crippen LogP contribution is 2.38. The number of hydrogen-bond donors (Lipinski definition) is 0. The summed E-state index contributed by atoms with van der Waals surface area (Å²) < 4.78 is 0. The molecule has 0 saturated heterocycles. The summed E-state index contributed by atoms with van der Waals surface area (Å²) in [5.74, 6) is 3.14. The van der Waals surface area contributed by atoms with E-state index in [-0.39, 0.29) is 0 Å². The van der Waals surface area contributed by atoms with Gasteiger partial charge in [-0.05, 0) is 30.6 Å². The molecule has 0 spiro atoms. The predicted octanol–water partition coefficient (Wildman–Crippen LogP) is 5.03. The second kappa shape index (κ2) is 6.48. The van der Waals surface area contributed by atoms with Crippen molar-refractivity contribution in [1.82, 2.24) is 0 Å². The molecule has 3 unspecified atom stereocenters. The quantitative estimate of drug-likeness (QED) is 0.578. The molecule has 0 amide bonds. The van der Waals surface area contributed by atoms with Crippen LogP contribution in [0.15, 0.2) is 0 Å². The van der Waals surface area contributed by atoms with E-state index in [1.54, 1.807) is 0 Å². The maximum Gasteiger partial charge on any atom is -0.0383 e. The van der Waals surface area contributed by atoms with Gasteiger partial charge in [0, 0.05) is 0 Å². The van der Waals surface area contributed by atoms with Crippen molar-refractivity contribution in [2.45, 2.75) is 72.1 Å². The molecule has 14 heavy (non-hydrogen) atoms. The largest absolute Gasteiger partial charge is 0.0654 e. The van der Waals surface area contributed by atoms with Gasteiger partial charge in [0.15, 0.2) is 0 Å². The number of hydrogen-bond acceptors (Lipinski definition) is 0. The third kappa shape index (κ3) is 3.63. The molecule has 1 fully saturated rings. The average Bonchev–Trinajstić information content (AvgIpc) is 2.17. The lowest BCUT2D eigenvalue weighted by Gasteiger charge is -2.35. The van der Waals surface area contributed by atoms with Crippen LogP contribution in [-0.2, 0) is 0 Å². The first-order valence-corrected chi connectivity index (χ1v) is 6.77. The Morgan fingerprint density at radius 1 is 0.929 bits per heavy atom. The van der Waals surface area contributed by atoms with E-state index in [1.807, 2.05) is 0 Å². The highest BCUT2D eigenvalue weighted by atomic mass is 14.3. The van der Waals surface area contributed by atoms with Gasteiger partial charge in [0.25, 0.3) is 0 Å². The summed E-state index contributed by atoms with van der Waals surface area (Å²) in [6, 6.07) is 0. The van der Waals surface area contributed by atoms with Crippen molar-refractivity contribution in [3.8, 4) is 0 Å². The molecule has 0 heteroatoms. The van der Waals surface area contributed by atoms with E-state index in [9.17, 15) is 0 Å². The molecule has 0 aromatic rings. The molecular formula is C14H28. The second-order valence-electron chi connectivity index (χ2n) is 5.37. The van der Waals surface area contributed by atoms with Crippen LogP contribution in [0.3, 0.4) is 0 Å². The van der Waals surface area contributed by atoms with Gasteiger partial charge >= 0.3 is 0 Å². The van der Waals surface area contributed by atoms with Crippen molar-refractivity contribution < 1.29 is 0 Å². The van der Waals surface area contributed by atoms with Gasteiger partial charge in [-0.2, -0.15) is 0 Å². The summed E-state index contributed by atoms with van der Waals surface area (Å²) in [6.45, 7) is 7.11. The van der Waals surface area contributed by atoms with E-state index in [1.165, 1.54) is 51.4 Å². The topological polar surface area (TPSA) is 0 Å². The molecule has 0 nitrogen and oxygen atoms in total. The summed E-state index contributed by atoms with van der Waals surface area (Å²) in [7, 11) is 0. The SMILES string of the molecule is CCCCC1CCC(C)CC1CCC. The first-order chi connectivity index (χ1) is 6.77. The molecule has 1 aliphatic carbocycles. The monoisotopic (exact) mass is 196 g/mol. The van der Waals surface area contributed by atoms with Crippen LogP contribution in [0.1, 0.15) is 72.1 Å². The van der Waals surface area contributed by atoms with Gasteiger partial charge in [-0.3, -0.25) is 0 Å². The van der Waals surface area contributed by atoms with Crippen molar-refractivity contribution >= 4 is 0 Å². The van der Waals surface area contributed by atoms with Crippen LogP contribution >= 0.6 is 0 Å². The van der Waals surface area contributed by atoms with Crippen molar-refractivity contribution in [3.05, 3.63) is 0 Å². The lowest BCUT2D eigenvalue weighted by Crippen LogP contribution is -2.23. The molecule has 3 atom stereocenters. The Morgan fingerprint density at radius 2 is 1.71 bits per heavy atom. The minimum absolute atomic E-state index is 1.00. The van der Waals surface area contributed by atoms with Crippen molar-refractivity contribution in [3.63, 3.8) is 0 Å². The number of unbranched alkanes of at least 4 members (excludes halogenated alkanes) is 1.